The monoisotopic (exact) mass is 314 g/mol. The van der Waals surface area contributed by atoms with Gasteiger partial charge in [-0.25, -0.2) is 0 Å². The van der Waals surface area contributed by atoms with E-state index in [1.807, 2.05) is 13.8 Å². The van der Waals surface area contributed by atoms with Crippen LogP contribution in [0, 0.1) is 11.3 Å². The molecule has 1 atom stereocenters. The van der Waals surface area contributed by atoms with Gasteiger partial charge in [0.05, 0.1) is 10.7 Å². The summed E-state index contributed by atoms with van der Waals surface area (Å²) in [4.78, 5) is 12.4. The van der Waals surface area contributed by atoms with Crippen molar-refractivity contribution in [1.29, 1.82) is 0 Å². The highest BCUT2D eigenvalue weighted by atomic mass is 79.9. The average molecular weight is 315 g/mol. The third-order valence-corrected chi connectivity index (χ3v) is 4.05. The summed E-state index contributed by atoms with van der Waals surface area (Å²) in [6.45, 7) is 12.7. The number of ketones is 1. The van der Waals surface area contributed by atoms with Gasteiger partial charge in [0.25, 0.3) is 0 Å². The summed E-state index contributed by atoms with van der Waals surface area (Å²) in [5.41, 5.74) is 0.839. The number of rotatable bonds is 4. The molecule has 0 spiro atoms. The highest BCUT2D eigenvalue weighted by molar-refractivity contribution is 9.10. The van der Waals surface area contributed by atoms with Crippen LogP contribution in [0.4, 0.5) is 0 Å². The minimum Gasteiger partial charge on any atom is -0.292 e. The molecule has 0 aliphatic carbocycles. The Labute approximate surface area is 118 Å². The number of aromatic nitrogens is 2. The first kappa shape index (κ1) is 15.4. The van der Waals surface area contributed by atoms with E-state index in [9.17, 15) is 4.79 Å². The Balaban J connectivity index is 2.95. The molecule has 0 aliphatic heterocycles. The van der Waals surface area contributed by atoms with Crippen LogP contribution < -0.4 is 0 Å². The predicted octanol–water partition coefficient (Wildman–Crippen LogP) is 4.48. The van der Waals surface area contributed by atoms with E-state index in [0.717, 1.165) is 4.47 Å². The molecule has 0 saturated heterocycles. The summed E-state index contributed by atoms with van der Waals surface area (Å²) in [6.07, 6.45) is 2.26. The van der Waals surface area contributed by atoms with Crippen LogP contribution in [0.15, 0.2) is 10.7 Å². The van der Waals surface area contributed by atoms with Gasteiger partial charge in [0.15, 0.2) is 5.78 Å². The molecule has 1 aromatic heterocycles. The fraction of sp³-hybridized carbons (Fsp3) is 0.714. The number of nitrogens with zero attached hydrogens (tertiary/aromatic N) is 2. The maximum Gasteiger partial charge on any atom is 0.182 e. The third kappa shape index (κ3) is 3.44. The summed E-state index contributed by atoms with van der Waals surface area (Å²) >= 11 is 3.42. The van der Waals surface area contributed by atoms with Gasteiger partial charge in [-0.1, -0.05) is 27.7 Å². The second kappa shape index (κ2) is 5.55. The topological polar surface area (TPSA) is 34.9 Å². The molecule has 0 radical (unpaired) electrons. The summed E-state index contributed by atoms with van der Waals surface area (Å²) in [5, 5.41) is 4.25. The fourth-order valence-corrected chi connectivity index (χ4v) is 2.17. The second-order valence-corrected chi connectivity index (χ2v) is 7.13. The Kier molecular flexibility index (Phi) is 4.76. The largest absolute Gasteiger partial charge is 0.292 e. The third-order valence-electron chi connectivity index (χ3n) is 3.47. The van der Waals surface area contributed by atoms with E-state index in [4.69, 9.17) is 0 Å². The van der Waals surface area contributed by atoms with Gasteiger partial charge in [-0.3, -0.25) is 9.48 Å². The van der Waals surface area contributed by atoms with Crippen LogP contribution in [0.3, 0.4) is 0 Å². The van der Waals surface area contributed by atoms with Gasteiger partial charge in [-0.15, -0.1) is 0 Å². The van der Waals surface area contributed by atoms with Crippen molar-refractivity contribution >= 4 is 21.7 Å². The van der Waals surface area contributed by atoms with Gasteiger partial charge < -0.3 is 0 Å². The normalized spacial score (nSPS) is 14.0. The lowest BCUT2D eigenvalue weighted by Crippen LogP contribution is -2.22. The van der Waals surface area contributed by atoms with Gasteiger partial charge in [0, 0.05) is 12.5 Å². The van der Waals surface area contributed by atoms with Crippen LogP contribution in [0.5, 0.6) is 0 Å². The van der Waals surface area contributed by atoms with Crippen molar-refractivity contribution in [2.24, 2.45) is 11.3 Å². The zero-order valence-electron chi connectivity index (χ0n) is 12.1. The van der Waals surface area contributed by atoms with Crippen LogP contribution in [-0.4, -0.2) is 15.6 Å². The molecule has 4 heteroatoms. The van der Waals surface area contributed by atoms with Crippen molar-refractivity contribution in [2.45, 2.75) is 54.0 Å². The van der Waals surface area contributed by atoms with E-state index in [-0.39, 0.29) is 17.2 Å². The lowest BCUT2D eigenvalue weighted by Gasteiger charge is -2.26. The lowest BCUT2D eigenvalue weighted by atomic mass is 9.79. The Hall–Kier alpha value is -0.640. The molecule has 0 saturated carbocycles. The number of carbonyl (C=O) groups is 1. The smallest absolute Gasteiger partial charge is 0.182 e. The van der Waals surface area contributed by atoms with Gasteiger partial charge in [0.2, 0.25) is 0 Å². The van der Waals surface area contributed by atoms with Gasteiger partial charge in [-0.05, 0) is 41.1 Å². The summed E-state index contributed by atoms with van der Waals surface area (Å²) in [6, 6.07) is 0.195. The molecule has 1 rings (SSSR count). The number of hydrogen-bond donors (Lipinski definition) is 0. The van der Waals surface area contributed by atoms with Gasteiger partial charge in [-0.2, -0.15) is 5.10 Å². The van der Waals surface area contributed by atoms with Crippen molar-refractivity contribution < 1.29 is 4.79 Å². The minimum absolute atomic E-state index is 0.144. The highest BCUT2D eigenvalue weighted by Crippen LogP contribution is 2.30. The summed E-state index contributed by atoms with van der Waals surface area (Å²) < 4.78 is 2.59. The van der Waals surface area contributed by atoms with Crippen LogP contribution in [0.2, 0.25) is 0 Å². The van der Waals surface area contributed by atoms with Crippen LogP contribution in [-0.2, 0) is 0 Å². The van der Waals surface area contributed by atoms with Crippen LogP contribution in [0.25, 0.3) is 0 Å². The van der Waals surface area contributed by atoms with Crippen molar-refractivity contribution in [1.82, 2.24) is 9.78 Å². The Morgan fingerprint density at radius 1 is 1.39 bits per heavy atom. The van der Waals surface area contributed by atoms with Crippen molar-refractivity contribution in [3.8, 4) is 0 Å². The zero-order valence-corrected chi connectivity index (χ0v) is 13.7. The quantitative estimate of drug-likeness (QED) is 0.768. The number of Topliss-reactive ketones (excluding diaryl/α,β-unsaturated/α-hetero) is 1. The summed E-state index contributed by atoms with van der Waals surface area (Å²) in [7, 11) is 0. The average Bonchev–Trinajstić information content (AvgIpc) is 2.58. The van der Waals surface area contributed by atoms with Crippen LogP contribution >= 0.6 is 15.9 Å². The van der Waals surface area contributed by atoms with E-state index in [1.165, 1.54) is 0 Å². The molecule has 102 valence electrons. The maximum atomic E-state index is 12.4. The molecular weight excluding hydrogens is 292 g/mol. The molecule has 0 fully saturated rings. The summed E-state index contributed by atoms with van der Waals surface area (Å²) in [5.74, 6) is 0.503. The van der Waals surface area contributed by atoms with E-state index in [2.05, 4.69) is 48.7 Å². The molecule has 0 N–H and O–H groups in total. The van der Waals surface area contributed by atoms with Crippen molar-refractivity contribution in [2.75, 3.05) is 0 Å². The van der Waals surface area contributed by atoms with E-state index in [0.29, 0.717) is 18.0 Å². The van der Waals surface area contributed by atoms with E-state index >= 15 is 0 Å². The molecule has 0 bridgehead atoms. The van der Waals surface area contributed by atoms with Crippen LogP contribution in [0.1, 0.15) is 64.5 Å². The van der Waals surface area contributed by atoms with E-state index < -0.39 is 0 Å². The molecule has 0 amide bonds. The molecule has 0 aromatic carbocycles. The highest BCUT2D eigenvalue weighted by Gasteiger charge is 2.26. The molecular formula is C14H23BrN2O. The number of carbonyl (C=O) groups excluding carboxylic acids is 1. The molecule has 0 aliphatic rings. The van der Waals surface area contributed by atoms with Crippen molar-refractivity contribution in [3.05, 3.63) is 16.4 Å². The molecule has 3 nitrogen and oxygen atoms in total. The molecule has 18 heavy (non-hydrogen) atoms. The first-order valence-corrected chi connectivity index (χ1v) is 7.20. The SMILES string of the molecule is CC(C)n1ncc(Br)c1C(=O)CC(C)C(C)(C)C. The number of halogens is 1. The zero-order chi connectivity index (χ0) is 14.1. The molecule has 1 heterocycles. The second-order valence-electron chi connectivity index (χ2n) is 6.27. The van der Waals surface area contributed by atoms with E-state index in [1.54, 1.807) is 10.9 Å². The Morgan fingerprint density at radius 2 is 1.94 bits per heavy atom. The minimum atomic E-state index is 0.144. The Bertz CT molecular complexity index is 429. The maximum absolute atomic E-state index is 12.4. The van der Waals surface area contributed by atoms with Crippen molar-refractivity contribution in [3.63, 3.8) is 0 Å². The fourth-order valence-electron chi connectivity index (χ4n) is 1.67. The lowest BCUT2D eigenvalue weighted by molar-refractivity contribution is 0.0914. The molecule has 1 unspecified atom stereocenters. The number of hydrogen-bond acceptors (Lipinski definition) is 2. The van der Waals surface area contributed by atoms with Gasteiger partial charge in [0.1, 0.15) is 5.69 Å². The standard InChI is InChI=1S/C14H23BrN2O/c1-9(2)17-13(11(15)8-16-17)12(18)7-10(3)14(4,5)6/h8-10H,7H2,1-6H3. The predicted molar refractivity (Wildman–Crippen MR) is 77.9 cm³/mol. The Morgan fingerprint density at radius 3 is 2.39 bits per heavy atom. The first-order valence-electron chi connectivity index (χ1n) is 6.40. The van der Waals surface area contributed by atoms with Gasteiger partial charge >= 0.3 is 0 Å². The first-order chi connectivity index (χ1) is 8.14. The molecule has 1 aromatic rings.